The summed E-state index contributed by atoms with van der Waals surface area (Å²) in [6.45, 7) is 5.73. The topological polar surface area (TPSA) is 41.1 Å². The maximum absolute atomic E-state index is 5.87. The second kappa shape index (κ2) is 5.00. The highest BCUT2D eigenvalue weighted by atomic mass is 35.5. The van der Waals surface area contributed by atoms with Gasteiger partial charge in [-0.15, -0.1) is 0 Å². The molecule has 14 heavy (non-hydrogen) atoms. The van der Waals surface area contributed by atoms with E-state index < -0.39 is 0 Å². The van der Waals surface area contributed by atoms with E-state index in [9.17, 15) is 0 Å². The summed E-state index contributed by atoms with van der Waals surface area (Å²) >= 11 is 5.87. The standard InChI is InChI=1S/C9H15ClN4/c1-4-11-9-12-7(10)6-8(13-9)14(3)5-2/h6H,4-5H2,1-3H3,(H,11,12,13). The number of rotatable bonds is 4. The zero-order valence-corrected chi connectivity index (χ0v) is 9.47. The number of nitrogens with zero attached hydrogens (tertiary/aromatic N) is 3. The Morgan fingerprint density at radius 2 is 2.14 bits per heavy atom. The molecule has 5 heteroatoms. The number of hydrogen-bond acceptors (Lipinski definition) is 4. The molecular weight excluding hydrogens is 200 g/mol. The van der Waals surface area contributed by atoms with Crippen LogP contribution < -0.4 is 10.2 Å². The average molecular weight is 215 g/mol. The number of halogens is 1. The first-order valence-corrected chi connectivity index (χ1v) is 5.04. The third-order valence-corrected chi connectivity index (χ3v) is 2.08. The fourth-order valence-corrected chi connectivity index (χ4v) is 1.18. The minimum absolute atomic E-state index is 0.464. The molecule has 0 aromatic carbocycles. The Hall–Kier alpha value is -1.03. The Bertz CT molecular complexity index is 303. The third kappa shape index (κ3) is 2.73. The molecule has 0 atom stereocenters. The van der Waals surface area contributed by atoms with Gasteiger partial charge in [0.15, 0.2) is 0 Å². The molecule has 0 saturated carbocycles. The summed E-state index contributed by atoms with van der Waals surface area (Å²) in [4.78, 5) is 10.4. The lowest BCUT2D eigenvalue weighted by Gasteiger charge is -2.16. The van der Waals surface area contributed by atoms with Crippen molar-refractivity contribution in [1.82, 2.24) is 9.97 Å². The van der Waals surface area contributed by atoms with Crippen molar-refractivity contribution in [3.05, 3.63) is 11.2 Å². The average Bonchev–Trinajstić information content (AvgIpc) is 2.16. The Labute approximate surface area is 89.3 Å². The lowest BCUT2D eigenvalue weighted by molar-refractivity contribution is 0.927. The second-order valence-electron chi connectivity index (χ2n) is 2.92. The molecular formula is C9H15ClN4. The fraction of sp³-hybridized carbons (Fsp3) is 0.556. The van der Waals surface area contributed by atoms with Crippen LogP contribution in [0.3, 0.4) is 0 Å². The maximum Gasteiger partial charge on any atom is 0.226 e. The van der Waals surface area contributed by atoms with Crippen molar-refractivity contribution in [3.8, 4) is 0 Å². The number of nitrogens with one attached hydrogen (secondary N) is 1. The van der Waals surface area contributed by atoms with Crippen molar-refractivity contribution >= 4 is 23.4 Å². The highest BCUT2D eigenvalue weighted by Gasteiger charge is 2.04. The second-order valence-corrected chi connectivity index (χ2v) is 3.30. The predicted molar refractivity (Wildman–Crippen MR) is 60.1 cm³/mol. The van der Waals surface area contributed by atoms with Crippen molar-refractivity contribution in [3.63, 3.8) is 0 Å². The van der Waals surface area contributed by atoms with Crippen LogP contribution in [0.4, 0.5) is 11.8 Å². The predicted octanol–water partition coefficient (Wildman–Crippen LogP) is 2.02. The molecule has 0 aliphatic heterocycles. The molecule has 1 N–H and O–H groups in total. The smallest absolute Gasteiger partial charge is 0.226 e. The molecule has 0 spiro atoms. The van der Waals surface area contributed by atoms with E-state index in [1.807, 2.05) is 18.9 Å². The van der Waals surface area contributed by atoms with Gasteiger partial charge in [0.25, 0.3) is 0 Å². The number of hydrogen-bond donors (Lipinski definition) is 1. The van der Waals surface area contributed by atoms with Gasteiger partial charge in [-0.25, -0.2) is 4.98 Å². The van der Waals surface area contributed by atoms with E-state index in [1.165, 1.54) is 0 Å². The van der Waals surface area contributed by atoms with Crippen LogP contribution >= 0.6 is 11.6 Å². The Morgan fingerprint density at radius 3 is 2.71 bits per heavy atom. The van der Waals surface area contributed by atoms with Gasteiger partial charge in [-0.3, -0.25) is 0 Å². The zero-order valence-electron chi connectivity index (χ0n) is 8.71. The van der Waals surface area contributed by atoms with E-state index >= 15 is 0 Å². The largest absolute Gasteiger partial charge is 0.360 e. The SMILES string of the molecule is CCNc1nc(Cl)cc(N(C)CC)n1. The van der Waals surface area contributed by atoms with E-state index in [0.717, 1.165) is 18.9 Å². The van der Waals surface area contributed by atoms with Gasteiger partial charge < -0.3 is 10.2 Å². The van der Waals surface area contributed by atoms with Crippen LogP contribution in [-0.4, -0.2) is 30.1 Å². The van der Waals surface area contributed by atoms with Crippen LogP contribution in [0.25, 0.3) is 0 Å². The van der Waals surface area contributed by atoms with Crippen molar-refractivity contribution in [1.29, 1.82) is 0 Å². The van der Waals surface area contributed by atoms with Crippen molar-refractivity contribution in [2.24, 2.45) is 0 Å². The summed E-state index contributed by atoms with van der Waals surface area (Å²) in [7, 11) is 1.97. The molecule has 0 bridgehead atoms. The Kier molecular flexibility index (Phi) is 3.95. The molecule has 78 valence electrons. The van der Waals surface area contributed by atoms with Crippen LogP contribution in [0.15, 0.2) is 6.07 Å². The van der Waals surface area contributed by atoms with Gasteiger partial charge >= 0.3 is 0 Å². The van der Waals surface area contributed by atoms with E-state index in [4.69, 9.17) is 11.6 Å². The molecule has 4 nitrogen and oxygen atoms in total. The minimum atomic E-state index is 0.464. The van der Waals surface area contributed by atoms with Gasteiger partial charge in [-0.2, -0.15) is 4.98 Å². The highest BCUT2D eigenvalue weighted by Crippen LogP contribution is 2.16. The third-order valence-electron chi connectivity index (χ3n) is 1.88. The first-order valence-electron chi connectivity index (χ1n) is 4.67. The van der Waals surface area contributed by atoms with Crippen LogP contribution in [0.1, 0.15) is 13.8 Å². The summed E-state index contributed by atoms with van der Waals surface area (Å²) in [5.74, 6) is 1.42. The van der Waals surface area contributed by atoms with E-state index in [0.29, 0.717) is 11.1 Å². The first-order chi connectivity index (χ1) is 6.67. The molecule has 0 aliphatic carbocycles. The van der Waals surface area contributed by atoms with Gasteiger partial charge in [-0.1, -0.05) is 11.6 Å². The lowest BCUT2D eigenvalue weighted by Crippen LogP contribution is -2.18. The molecule has 1 aromatic heterocycles. The monoisotopic (exact) mass is 214 g/mol. The summed E-state index contributed by atoms with van der Waals surface area (Å²) in [5, 5.41) is 3.50. The van der Waals surface area contributed by atoms with Gasteiger partial charge in [0.1, 0.15) is 11.0 Å². The summed E-state index contributed by atoms with van der Waals surface area (Å²) < 4.78 is 0. The summed E-state index contributed by atoms with van der Waals surface area (Å²) in [6.07, 6.45) is 0. The molecule has 0 amide bonds. The van der Waals surface area contributed by atoms with Crippen LogP contribution in [0.5, 0.6) is 0 Å². The molecule has 0 unspecified atom stereocenters. The van der Waals surface area contributed by atoms with Gasteiger partial charge in [0.2, 0.25) is 5.95 Å². The Morgan fingerprint density at radius 1 is 1.43 bits per heavy atom. The van der Waals surface area contributed by atoms with E-state index in [-0.39, 0.29) is 0 Å². The summed E-state index contributed by atoms with van der Waals surface area (Å²) in [6, 6.07) is 1.76. The zero-order chi connectivity index (χ0) is 10.6. The lowest BCUT2D eigenvalue weighted by atomic mass is 10.5. The molecule has 1 aromatic rings. The van der Waals surface area contributed by atoms with Gasteiger partial charge in [0, 0.05) is 26.2 Å². The molecule has 0 aliphatic rings. The first kappa shape index (κ1) is 11.0. The normalized spacial score (nSPS) is 10.0. The van der Waals surface area contributed by atoms with Crippen LogP contribution in [0, 0.1) is 0 Å². The Balaban J connectivity index is 2.94. The van der Waals surface area contributed by atoms with Gasteiger partial charge in [-0.05, 0) is 13.8 Å². The quantitative estimate of drug-likeness (QED) is 0.779. The van der Waals surface area contributed by atoms with E-state index in [2.05, 4.69) is 22.2 Å². The molecule has 0 saturated heterocycles. The van der Waals surface area contributed by atoms with Crippen molar-refractivity contribution < 1.29 is 0 Å². The molecule has 0 fully saturated rings. The molecule has 0 radical (unpaired) electrons. The van der Waals surface area contributed by atoms with Crippen LogP contribution in [0.2, 0.25) is 5.15 Å². The van der Waals surface area contributed by atoms with Gasteiger partial charge in [0.05, 0.1) is 0 Å². The molecule has 1 rings (SSSR count). The van der Waals surface area contributed by atoms with Crippen LogP contribution in [-0.2, 0) is 0 Å². The van der Waals surface area contributed by atoms with Crippen molar-refractivity contribution in [2.45, 2.75) is 13.8 Å². The van der Waals surface area contributed by atoms with E-state index in [1.54, 1.807) is 6.07 Å². The fourth-order valence-electron chi connectivity index (χ4n) is 1.00. The maximum atomic E-state index is 5.87. The minimum Gasteiger partial charge on any atom is -0.360 e. The van der Waals surface area contributed by atoms with Crippen molar-refractivity contribution in [2.75, 3.05) is 30.4 Å². The molecule has 1 heterocycles. The number of aromatic nitrogens is 2. The highest BCUT2D eigenvalue weighted by molar-refractivity contribution is 6.29. The number of anilines is 2. The summed E-state index contributed by atoms with van der Waals surface area (Å²) in [5.41, 5.74) is 0.